The summed E-state index contributed by atoms with van der Waals surface area (Å²) in [4.78, 5) is 40.4. The van der Waals surface area contributed by atoms with Gasteiger partial charge in [0.2, 0.25) is 0 Å². The Hall–Kier alpha value is -3.58. The summed E-state index contributed by atoms with van der Waals surface area (Å²) in [5.41, 5.74) is 1.75. The molecule has 0 aliphatic heterocycles. The third-order valence-electron chi connectivity index (χ3n) is 6.17. The zero-order chi connectivity index (χ0) is 25.5. The SMILES string of the molecule is COc1cc(OC)c(NC(=O)c2c3c(cn(-c4ccc(C)cc4)c2=O)C(=O)CC(C)(C)C3)cc1Cl. The fourth-order valence-electron chi connectivity index (χ4n) is 4.42. The molecule has 1 heterocycles. The third-order valence-corrected chi connectivity index (χ3v) is 6.47. The molecule has 8 heteroatoms. The summed E-state index contributed by atoms with van der Waals surface area (Å²) in [7, 11) is 2.93. The van der Waals surface area contributed by atoms with Crippen LogP contribution in [0.4, 0.5) is 5.69 Å². The number of anilines is 1. The van der Waals surface area contributed by atoms with Crippen LogP contribution in [-0.4, -0.2) is 30.5 Å². The molecule has 0 radical (unpaired) electrons. The van der Waals surface area contributed by atoms with E-state index < -0.39 is 11.5 Å². The zero-order valence-corrected chi connectivity index (χ0v) is 21.1. The summed E-state index contributed by atoms with van der Waals surface area (Å²) in [6.45, 7) is 5.85. The van der Waals surface area contributed by atoms with E-state index in [1.807, 2.05) is 32.9 Å². The normalized spacial score (nSPS) is 14.3. The maximum absolute atomic E-state index is 13.7. The van der Waals surface area contributed by atoms with Crippen LogP contribution in [0, 0.1) is 12.3 Å². The Morgan fingerprint density at radius 3 is 2.31 bits per heavy atom. The second kappa shape index (κ2) is 9.23. The Balaban J connectivity index is 1.90. The van der Waals surface area contributed by atoms with E-state index in [0.29, 0.717) is 41.2 Å². The summed E-state index contributed by atoms with van der Waals surface area (Å²) >= 11 is 6.27. The molecule has 1 aliphatic carbocycles. The molecule has 1 N–H and O–H groups in total. The predicted octanol–water partition coefficient (Wildman–Crippen LogP) is 5.22. The highest BCUT2D eigenvalue weighted by atomic mass is 35.5. The number of aryl methyl sites for hydroxylation is 1. The number of Topliss-reactive ketones (excluding diaryl/α,β-unsaturated/α-hetero) is 1. The van der Waals surface area contributed by atoms with Crippen LogP contribution in [0.1, 0.15) is 52.1 Å². The standard InChI is InChI=1S/C27H27ClN2O5/c1-15-6-8-16(9-7-15)30-14-18-17(12-27(2,3)13-21(18)31)24(26(30)33)25(32)29-20-10-19(28)22(34-4)11-23(20)35-5/h6-11,14H,12-13H2,1-5H3,(H,29,32). The Morgan fingerprint density at radius 1 is 1.03 bits per heavy atom. The summed E-state index contributed by atoms with van der Waals surface area (Å²) < 4.78 is 12.0. The summed E-state index contributed by atoms with van der Waals surface area (Å²) in [6.07, 6.45) is 2.30. The van der Waals surface area contributed by atoms with Gasteiger partial charge >= 0.3 is 0 Å². The highest BCUT2D eigenvalue weighted by molar-refractivity contribution is 6.32. The van der Waals surface area contributed by atoms with Gasteiger partial charge in [0.25, 0.3) is 11.5 Å². The lowest BCUT2D eigenvalue weighted by Crippen LogP contribution is -2.37. The van der Waals surface area contributed by atoms with Gasteiger partial charge in [0.1, 0.15) is 17.1 Å². The van der Waals surface area contributed by atoms with Crippen LogP contribution in [0.25, 0.3) is 5.69 Å². The van der Waals surface area contributed by atoms with Crippen molar-refractivity contribution in [3.05, 3.63) is 80.2 Å². The van der Waals surface area contributed by atoms with Gasteiger partial charge in [-0.3, -0.25) is 19.0 Å². The molecule has 0 atom stereocenters. The van der Waals surface area contributed by atoms with Crippen LogP contribution < -0.4 is 20.3 Å². The average Bonchev–Trinajstić information content (AvgIpc) is 2.79. The van der Waals surface area contributed by atoms with Crippen LogP contribution in [0.3, 0.4) is 0 Å². The van der Waals surface area contributed by atoms with E-state index in [-0.39, 0.29) is 27.5 Å². The van der Waals surface area contributed by atoms with Crippen molar-refractivity contribution in [2.24, 2.45) is 5.41 Å². The van der Waals surface area contributed by atoms with Crippen molar-refractivity contribution >= 4 is 29.0 Å². The fraction of sp³-hybridized carbons (Fsp3) is 0.296. The minimum atomic E-state index is -0.641. The Morgan fingerprint density at radius 2 is 1.69 bits per heavy atom. The molecule has 1 aromatic heterocycles. The number of nitrogens with one attached hydrogen (secondary N) is 1. The Labute approximate surface area is 208 Å². The number of hydrogen-bond acceptors (Lipinski definition) is 5. The summed E-state index contributed by atoms with van der Waals surface area (Å²) in [6, 6.07) is 10.4. The first-order chi connectivity index (χ1) is 16.5. The second-order valence-electron chi connectivity index (χ2n) is 9.49. The average molecular weight is 495 g/mol. The maximum Gasteiger partial charge on any atom is 0.268 e. The lowest BCUT2D eigenvalue weighted by molar-refractivity contribution is 0.0910. The van der Waals surface area contributed by atoms with E-state index in [1.165, 1.54) is 24.9 Å². The second-order valence-corrected chi connectivity index (χ2v) is 9.90. The van der Waals surface area contributed by atoms with Crippen molar-refractivity contribution in [2.75, 3.05) is 19.5 Å². The first-order valence-corrected chi connectivity index (χ1v) is 11.5. The Bertz CT molecular complexity index is 1390. The Kier molecular flexibility index (Phi) is 6.47. The molecule has 0 saturated heterocycles. The van der Waals surface area contributed by atoms with E-state index >= 15 is 0 Å². The highest BCUT2D eigenvalue weighted by Crippen LogP contribution is 2.38. The zero-order valence-electron chi connectivity index (χ0n) is 20.3. The number of fused-ring (bicyclic) bond motifs is 1. The van der Waals surface area contributed by atoms with Crippen molar-refractivity contribution in [1.82, 2.24) is 4.57 Å². The van der Waals surface area contributed by atoms with E-state index in [0.717, 1.165) is 5.56 Å². The molecular weight excluding hydrogens is 468 g/mol. The number of ketones is 1. The third kappa shape index (κ3) is 4.68. The van der Waals surface area contributed by atoms with Gasteiger partial charge in [-0.1, -0.05) is 43.1 Å². The molecular formula is C27H27ClN2O5. The van der Waals surface area contributed by atoms with Gasteiger partial charge in [0.05, 0.1) is 24.9 Å². The molecule has 35 heavy (non-hydrogen) atoms. The number of benzene rings is 2. The van der Waals surface area contributed by atoms with E-state index in [1.54, 1.807) is 24.4 Å². The first-order valence-electron chi connectivity index (χ1n) is 11.2. The van der Waals surface area contributed by atoms with Crippen LogP contribution >= 0.6 is 11.6 Å². The van der Waals surface area contributed by atoms with Crippen molar-refractivity contribution < 1.29 is 19.1 Å². The predicted molar refractivity (Wildman–Crippen MR) is 136 cm³/mol. The molecule has 1 amide bonds. The number of nitrogens with zero attached hydrogens (tertiary/aromatic N) is 1. The van der Waals surface area contributed by atoms with Crippen molar-refractivity contribution in [3.63, 3.8) is 0 Å². The van der Waals surface area contributed by atoms with E-state index in [9.17, 15) is 14.4 Å². The molecule has 7 nitrogen and oxygen atoms in total. The van der Waals surface area contributed by atoms with Gasteiger partial charge in [-0.25, -0.2) is 0 Å². The number of hydrogen-bond donors (Lipinski definition) is 1. The molecule has 4 rings (SSSR count). The van der Waals surface area contributed by atoms with Gasteiger partial charge < -0.3 is 14.8 Å². The molecule has 2 aromatic carbocycles. The van der Waals surface area contributed by atoms with Crippen LogP contribution in [0.15, 0.2) is 47.4 Å². The summed E-state index contributed by atoms with van der Waals surface area (Å²) in [5.74, 6) is -0.0404. The monoisotopic (exact) mass is 494 g/mol. The largest absolute Gasteiger partial charge is 0.495 e. The number of aromatic nitrogens is 1. The lowest BCUT2D eigenvalue weighted by atomic mass is 9.73. The molecule has 3 aromatic rings. The van der Waals surface area contributed by atoms with Crippen molar-refractivity contribution in [1.29, 1.82) is 0 Å². The van der Waals surface area contributed by atoms with E-state index in [2.05, 4.69) is 5.32 Å². The van der Waals surface area contributed by atoms with Crippen LogP contribution in [0.5, 0.6) is 11.5 Å². The molecule has 0 fully saturated rings. The molecule has 0 bridgehead atoms. The number of ether oxygens (including phenoxy) is 2. The first kappa shape index (κ1) is 24.5. The molecule has 1 aliphatic rings. The van der Waals surface area contributed by atoms with Crippen molar-refractivity contribution in [2.45, 2.75) is 33.6 Å². The highest BCUT2D eigenvalue weighted by Gasteiger charge is 2.36. The minimum Gasteiger partial charge on any atom is -0.495 e. The molecule has 0 saturated carbocycles. The van der Waals surface area contributed by atoms with Gasteiger partial charge in [-0.2, -0.15) is 0 Å². The quantitative estimate of drug-likeness (QED) is 0.525. The number of carbonyl (C=O) groups excluding carboxylic acids is 2. The molecule has 0 spiro atoms. The van der Waals surface area contributed by atoms with Gasteiger partial charge in [0.15, 0.2) is 5.78 Å². The van der Waals surface area contributed by atoms with Gasteiger partial charge in [-0.15, -0.1) is 0 Å². The van der Waals surface area contributed by atoms with Crippen LogP contribution in [-0.2, 0) is 6.42 Å². The smallest absolute Gasteiger partial charge is 0.268 e. The fourth-order valence-corrected chi connectivity index (χ4v) is 4.66. The molecule has 0 unspecified atom stereocenters. The summed E-state index contributed by atoms with van der Waals surface area (Å²) in [5, 5.41) is 3.03. The lowest BCUT2D eigenvalue weighted by Gasteiger charge is -2.31. The minimum absolute atomic E-state index is 0.0711. The molecule has 182 valence electrons. The van der Waals surface area contributed by atoms with Crippen molar-refractivity contribution in [3.8, 4) is 17.2 Å². The number of pyridine rings is 1. The number of halogens is 1. The van der Waals surface area contributed by atoms with Gasteiger partial charge in [0, 0.05) is 29.9 Å². The number of amides is 1. The van der Waals surface area contributed by atoms with Gasteiger partial charge in [-0.05, 0) is 42.5 Å². The number of carbonyl (C=O) groups is 2. The van der Waals surface area contributed by atoms with E-state index in [4.69, 9.17) is 21.1 Å². The number of methoxy groups -OCH3 is 2. The topological polar surface area (TPSA) is 86.6 Å². The maximum atomic E-state index is 13.7. The number of rotatable bonds is 5. The van der Waals surface area contributed by atoms with Crippen LogP contribution in [0.2, 0.25) is 5.02 Å².